The number of oxime groups is 2. The minimum Gasteiger partial charge on any atom is -0.548 e. The third kappa shape index (κ3) is 9.19. The Labute approximate surface area is 374 Å². The number of hydrogen-bond acceptors (Lipinski definition) is 17. The quantitative estimate of drug-likeness (QED) is 0.0884. The Hall–Kier alpha value is -1.97. The van der Waals surface area contributed by atoms with Gasteiger partial charge in [0.15, 0.2) is 21.7 Å². The van der Waals surface area contributed by atoms with Crippen molar-refractivity contribution in [3.05, 3.63) is 22.1 Å². The van der Waals surface area contributed by atoms with Crippen molar-refractivity contribution in [2.45, 2.75) is 124 Å². The van der Waals surface area contributed by atoms with Crippen LogP contribution in [0.25, 0.3) is 0 Å². The largest absolute Gasteiger partial charge is 1.00 e. The first-order valence-electron chi connectivity index (χ1n) is 17.9. The molecule has 286 valence electrons. The van der Waals surface area contributed by atoms with Crippen LogP contribution in [-0.4, -0.2) is 83.5 Å². The summed E-state index contributed by atoms with van der Waals surface area (Å²) in [4.78, 5) is 69.8. The Morgan fingerprint density at radius 1 is 0.818 bits per heavy atom. The van der Waals surface area contributed by atoms with E-state index in [1.54, 1.807) is 24.6 Å². The van der Waals surface area contributed by atoms with E-state index < -0.39 is 46.0 Å². The normalized spacial score (nSPS) is 31.4. The summed E-state index contributed by atoms with van der Waals surface area (Å²) < 4.78 is -0.735. The summed E-state index contributed by atoms with van der Waals surface area (Å²) in [6.45, 7) is 3.50. The second kappa shape index (κ2) is 17.5. The van der Waals surface area contributed by atoms with Gasteiger partial charge in [-0.3, -0.25) is 9.59 Å². The number of carbonyl (C=O) groups is 4. The number of fused-ring (bicyclic) bond motifs is 7. The Bertz CT molecular complexity index is 1810. The van der Waals surface area contributed by atoms with Crippen molar-refractivity contribution in [3.8, 4) is 0 Å². The van der Waals surface area contributed by atoms with E-state index in [4.69, 9.17) is 21.1 Å². The van der Waals surface area contributed by atoms with Gasteiger partial charge in [-0.25, -0.2) is 9.97 Å². The molecule has 3 atom stereocenters. The molecule has 10 rings (SSSR count). The summed E-state index contributed by atoms with van der Waals surface area (Å²) in [5.41, 5.74) is 10.8. The summed E-state index contributed by atoms with van der Waals surface area (Å²) in [7, 11) is 0. The number of rotatable bonds is 10. The summed E-state index contributed by atoms with van der Waals surface area (Å²) in [5, 5.41) is 36.9. The van der Waals surface area contributed by atoms with E-state index in [9.17, 15) is 29.4 Å². The maximum atomic E-state index is 13.2. The van der Waals surface area contributed by atoms with Gasteiger partial charge in [-0.05, 0) is 103 Å². The zero-order chi connectivity index (χ0) is 37.7. The van der Waals surface area contributed by atoms with Crippen molar-refractivity contribution >= 4 is 79.9 Å². The van der Waals surface area contributed by atoms with Crippen LogP contribution >= 0.6 is 34.4 Å². The van der Waals surface area contributed by atoms with E-state index in [1.165, 1.54) is 28.0 Å². The van der Waals surface area contributed by atoms with E-state index in [1.807, 2.05) is 0 Å². The van der Waals surface area contributed by atoms with Crippen LogP contribution < -0.4 is 86.1 Å². The first-order chi connectivity index (χ1) is 25.2. The monoisotopic (exact) mass is 832 g/mol. The van der Waals surface area contributed by atoms with Crippen molar-refractivity contribution in [1.82, 2.24) is 20.2 Å². The number of nitrogens with one attached hydrogen (secondary N) is 1. The maximum Gasteiger partial charge on any atom is 1.00 e. The third-order valence-electron chi connectivity index (χ3n) is 11.6. The number of aliphatic carboxylic acids is 2. The minimum atomic E-state index is -1.39. The standard InChI is InChI=1S/C21H27N5O5S2.C13H17N3O3S.2Na/c1-20(2)14(18(29)30)26-16(28)13(17(26)33-20)24-15(27)12(11-9-32-19(22)23-11)25-31-21-6-3-10(4-7-21)5-8-21;14-12-15-9(7-20-12)10(11(17)18)16-19-13-4-1-8(2-5-13)3-6-13;;/h9-10,13-14,17H,3-8H2,1-2H3,(H2,22,23)(H,24,27)(H,29,30);7-8H,1-6H2,(H2,14,15)(H,17,18);;/q;;2*+1/p-2/b25-12-;16-10-;;/t10?,13-,14-,17+,21?;;;/m0.../s1. The number of carboxylic acid groups (broad SMARTS) is 2. The number of thioether (sulfide) groups is 1. The molecule has 8 aliphatic rings. The Kier molecular flexibility index (Phi) is 14.0. The van der Waals surface area contributed by atoms with Crippen molar-refractivity contribution in [2.24, 2.45) is 22.1 Å². The molecular formula is C34H42N8Na2O8S3. The number of amides is 2. The number of nitrogens with zero attached hydrogens (tertiary/aromatic N) is 5. The number of nitrogens with two attached hydrogens (primary N) is 2. The van der Waals surface area contributed by atoms with E-state index >= 15 is 0 Å². The van der Waals surface area contributed by atoms with Gasteiger partial charge in [-0.1, -0.05) is 10.3 Å². The molecule has 2 saturated heterocycles. The Morgan fingerprint density at radius 2 is 1.25 bits per heavy atom. The zero-order valence-electron chi connectivity index (χ0n) is 31.4. The van der Waals surface area contributed by atoms with Gasteiger partial charge in [0.2, 0.25) is 5.91 Å². The van der Waals surface area contributed by atoms with E-state index in [-0.39, 0.29) is 98.3 Å². The summed E-state index contributed by atoms with van der Waals surface area (Å²) >= 11 is 3.67. The smallest absolute Gasteiger partial charge is 0.548 e. The average Bonchev–Trinajstić information content (AvgIpc) is 3.84. The summed E-state index contributed by atoms with van der Waals surface area (Å²) in [6.07, 6.45) is 12.3. The van der Waals surface area contributed by atoms with Gasteiger partial charge in [-0.15, -0.1) is 34.4 Å². The molecule has 2 aliphatic heterocycles. The number of anilines is 2. The van der Waals surface area contributed by atoms with Crippen LogP contribution in [0.15, 0.2) is 21.1 Å². The fourth-order valence-electron chi connectivity index (χ4n) is 8.50. The van der Waals surface area contributed by atoms with E-state index in [0.717, 1.165) is 100 Å². The number of aromatic nitrogens is 2. The van der Waals surface area contributed by atoms with Gasteiger partial charge >= 0.3 is 59.1 Å². The fraction of sp³-hybridized carbons (Fsp3) is 0.647. The second-order valence-corrected chi connectivity index (χ2v) is 18.9. The van der Waals surface area contributed by atoms with Gasteiger partial charge in [0.25, 0.3) is 5.91 Å². The van der Waals surface area contributed by atoms with Crippen LogP contribution in [0.2, 0.25) is 0 Å². The van der Waals surface area contributed by atoms with Crippen molar-refractivity contribution in [3.63, 3.8) is 0 Å². The number of β-lactam (4-membered cyclic amide) rings is 1. The molecule has 2 aromatic heterocycles. The van der Waals surface area contributed by atoms with Gasteiger partial charge in [-0.2, -0.15) is 0 Å². The summed E-state index contributed by atoms with van der Waals surface area (Å²) in [5.74, 6) is -2.19. The number of carbonyl (C=O) groups excluding carboxylic acids is 4. The minimum absolute atomic E-state index is 0. The molecule has 6 aliphatic carbocycles. The number of thiazole rings is 2. The summed E-state index contributed by atoms with van der Waals surface area (Å²) in [6, 6.07) is -1.92. The van der Waals surface area contributed by atoms with Crippen LogP contribution in [0, 0.1) is 11.8 Å². The topological polar surface area (TPSA) is 251 Å². The first kappa shape index (κ1) is 44.1. The van der Waals surface area contributed by atoms with Gasteiger partial charge in [0.1, 0.15) is 34.0 Å². The van der Waals surface area contributed by atoms with Crippen LogP contribution in [0.5, 0.6) is 0 Å². The predicted octanol–water partition coefficient (Wildman–Crippen LogP) is -4.61. The van der Waals surface area contributed by atoms with E-state index in [2.05, 4.69) is 25.6 Å². The molecule has 2 amide bonds. The Balaban J connectivity index is 0.000000227. The van der Waals surface area contributed by atoms with Crippen molar-refractivity contribution in [1.29, 1.82) is 0 Å². The molecular weight excluding hydrogens is 791 g/mol. The molecule has 6 saturated carbocycles. The van der Waals surface area contributed by atoms with Crippen LogP contribution in [0.4, 0.5) is 10.3 Å². The maximum absolute atomic E-state index is 13.2. The number of nitrogen functional groups attached to an aromatic ring is 2. The van der Waals surface area contributed by atoms with Crippen LogP contribution in [0.3, 0.4) is 0 Å². The van der Waals surface area contributed by atoms with Crippen LogP contribution in [-0.2, 0) is 28.9 Å². The first-order valence-corrected chi connectivity index (χ1v) is 20.5. The molecule has 2 aromatic rings. The SMILES string of the molecule is CC1(C)S[C@@H]2[C@@H](NC(=O)/C(=N\OC34CCC(CC3)CC4)c3csc(N)n3)C(=O)N2[C@H]1C(=O)[O-].Nc1nc(/C(=N/OC23CCC(CC2)CC3)C(=O)[O-])cs1.[Na+].[Na+]. The fourth-order valence-corrected chi connectivity index (χ4v) is 11.2. The molecule has 0 aromatic carbocycles. The van der Waals surface area contributed by atoms with Gasteiger partial charge in [0, 0.05) is 15.5 Å². The number of hydrogen-bond donors (Lipinski definition) is 3. The van der Waals surface area contributed by atoms with Gasteiger partial charge in [0.05, 0.1) is 18.0 Å². The van der Waals surface area contributed by atoms with Crippen molar-refractivity contribution < 1.29 is 98.2 Å². The number of carboxylic acids is 2. The molecule has 21 heteroatoms. The predicted molar refractivity (Wildman–Crippen MR) is 194 cm³/mol. The average molecular weight is 833 g/mol. The van der Waals surface area contributed by atoms with Gasteiger partial charge < -0.3 is 51.2 Å². The molecule has 5 N–H and O–H groups in total. The van der Waals surface area contributed by atoms with Crippen LogP contribution in [0.1, 0.15) is 102 Å². The van der Waals surface area contributed by atoms with Crippen molar-refractivity contribution in [2.75, 3.05) is 11.5 Å². The molecule has 0 spiro atoms. The van der Waals surface area contributed by atoms with E-state index in [0.29, 0.717) is 5.13 Å². The second-order valence-electron chi connectivity index (χ2n) is 15.4. The Morgan fingerprint density at radius 3 is 1.65 bits per heavy atom. The molecule has 55 heavy (non-hydrogen) atoms. The molecule has 0 unspecified atom stereocenters. The molecule has 4 heterocycles. The molecule has 4 bridgehead atoms. The molecule has 8 fully saturated rings. The molecule has 0 radical (unpaired) electrons. The molecule has 16 nitrogen and oxygen atoms in total. The third-order valence-corrected chi connectivity index (χ3v) is 14.5. The zero-order valence-corrected chi connectivity index (χ0v) is 37.9.